The van der Waals surface area contributed by atoms with E-state index in [1.165, 1.54) is 0 Å². The van der Waals surface area contributed by atoms with Crippen LogP contribution in [0.25, 0.3) is 0 Å². The van der Waals surface area contributed by atoms with E-state index in [1.54, 1.807) is 0 Å². The van der Waals surface area contributed by atoms with Crippen molar-refractivity contribution in [3.05, 3.63) is 29.3 Å². The summed E-state index contributed by atoms with van der Waals surface area (Å²) in [7, 11) is 0. The van der Waals surface area contributed by atoms with Gasteiger partial charge >= 0.3 is 0 Å². The van der Waals surface area contributed by atoms with Crippen molar-refractivity contribution in [2.45, 2.75) is 12.8 Å². The highest BCUT2D eigenvalue weighted by molar-refractivity contribution is 5.45. The van der Waals surface area contributed by atoms with Crippen LogP contribution >= 0.6 is 0 Å². The van der Waals surface area contributed by atoms with E-state index in [1.807, 2.05) is 25.1 Å². The summed E-state index contributed by atoms with van der Waals surface area (Å²) in [6.07, 6.45) is 0. The van der Waals surface area contributed by atoms with Crippen LogP contribution in [0.5, 0.6) is 5.75 Å². The van der Waals surface area contributed by atoms with Gasteiger partial charge in [0.1, 0.15) is 5.75 Å². The van der Waals surface area contributed by atoms with Crippen LogP contribution in [-0.2, 0) is 0 Å². The maximum absolute atomic E-state index is 9.02. The first-order valence-electron chi connectivity index (χ1n) is 4.16. The molecule has 64 valence electrons. The molecule has 1 aromatic rings. The predicted molar refractivity (Wildman–Crippen MR) is 46.5 cm³/mol. The summed E-state index contributed by atoms with van der Waals surface area (Å²) in [6, 6.07) is 6.06. The van der Waals surface area contributed by atoms with Crippen LogP contribution in [0.3, 0.4) is 0 Å². The molecule has 2 rings (SSSR count). The Balaban J connectivity index is 2.46. The molecule has 1 aliphatic rings. The Labute approximate surface area is 71.8 Å². The number of aliphatic hydroxyl groups is 1. The van der Waals surface area contributed by atoms with E-state index in [9.17, 15) is 0 Å². The van der Waals surface area contributed by atoms with Crippen molar-refractivity contribution in [3.8, 4) is 5.75 Å². The molecule has 0 amide bonds. The molecule has 0 saturated heterocycles. The number of fused-ring (bicyclic) bond motifs is 1. The molecule has 0 spiro atoms. The monoisotopic (exact) mass is 164 g/mol. The third kappa shape index (κ3) is 0.994. The average molecular weight is 164 g/mol. The van der Waals surface area contributed by atoms with Gasteiger partial charge in [0.15, 0.2) is 0 Å². The number of hydrogen-bond acceptors (Lipinski definition) is 2. The fourth-order valence-corrected chi connectivity index (χ4v) is 1.62. The van der Waals surface area contributed by atoms with Gasteiger partial charge in [0.2, 0.25) is 0 Å². The van der Waals surface area contributed by atoms with E-state index in [0.717, 1.165) is 16.9 Å². The van der Waals surface area contributed by atoms with Crippen molar-refractivity contribution in [2.24, 2.45) is 0 Å². The normalized spacial score (nSPS) is 20.3. The van der Waals surface area contributed by atoms with Gasteiger partial charge in [-0.3, -0.25) is 0 Å². The summed E-state index contributed by atoms with van der Waals surface area (Å²) in [6.45, 7) is 2.83. The molecular formula is C10H12O2. The lowest BCUT2D eigenvalue weighted by atomic mass is 10.0. The minimum atomic E-state index is 0.177. The van der Waals surface area contributed by atoms with Crippen LogP contribution < -0.4 is 4.74 Å². The van der Waals surface area contributed by atoms with Crippen LogP contribution in [-0.4, -0.2) is 18.3 Å². The molecule has 1 heterocycles. The standard InChI is InChI=1S/C10H12O2/c1-7-3-2-4-9-8(5-11)6-12-10(7)9/h2-4,8,11H,5-6H2,1H3/t8-/m1/s1. The number of benzene rings is 1. The first-order chi connectivity index (χ1) is 5.83. The molecular weight excluding hydrogens is 152 g/mol. The smallest absolute Gasteiger partial charge is 0.125 e. The third-order valence-electron chi connectivity index (χ3n) is 2.33. The Hall–Kier alpha value is -1.02. The third-order valence-corrected chi connectivity index (χ3v) is 2.33. The Morgan fingerprint density at radius 2 is 2.42 bits per heavy atom. The van der Waals surface area contributed by atoms with Crippen molar-refractivity contribution >= 4 is 0 Å². The number of hydrogen-bond donors (Lipinski definition) is 1. The molecule has 1 aromatic carbocycles. The van der Waals surface area contributed by atoms with E-state index >= 15 is 0 Å². The van der Waals surface area contributed by atoms with Gasteiger partial charge in [-0.2, -0.15) is 0 Å². The molecule has 2 nitrogen and oxygen atoms in total. The van der Waals surface area contributed by atoms with Crippen LogP contribution in [0.2, 0.25) is 0 Å². The van der Waals surface area contributed by atoms with Crippen molar-refractivity contribution in [2.75, 3.05) is 13.2 Å². The van der Waals surface area contributed by atoms with Crippen LogP contribution in [0, 0.1) is 6.92 Å². The number of rotatable bonds is 1. The summed E-state index contributed by atoms with van der Waals surface area (Å²) >= 11 is 0. The van der Waals surface area contributed by atoms with Gasteiger partial charge in [-0.05, 0) is 12.5 Å². The van der Waals surface area contributed by atoms with E-state index in [0.29, 0.717) is 6.61 Å². The Morgan fingerprint density at radius 1 is 1.58 bits per heavy atom. The zero-order valence-corrected chi connectivity index (χ0v) is 7.08. The maximum atomic E-state index is 9.02. The van der Waals surface area contributed by atoms with Crippen molar-refractivity contribution < 1.29 is 9.84 Å². The fourth-order valence-electron chi connectivity index (χ4n) is 1.62. The molecule has 0 bridgehead atoms. The summed E-state index contributed by atoms with van der Waals surface area (Å²) in [4.78, 5) is 0. The van der Waals surface area contributed by atoms with Crippen LogP contribution in [0.15, 0.2) is 18.2 Å². The van der Waals surface area contributed by atoms with Crippen molar-refractivity contribution in [3.63, 3.8) is 0 Å². The number of para-hydroxylation sites is 1. The predicted octanol–water partition coefficient (Wildman–Crippen LogP) is 1.46. The Kier molecular flexibility index (Phi) is 1.77. The van der Waals surface area contributed by atoms with E-state index in [-0.39, 0.29) is 12.5 Å². The van der Waals surface area contributed by atoms with Crippen molar-refractivity contribution in [1.29, 1.82) is 0 Å². The minimum Gasteiger partial charge on any atom is -0.492 e. The first-order valence-corrected chi connectivity index (χ1v) is 4.16. The minimum absolute atomic E-state index is 0.177. The summed E-state index contributed by atoms with van der Waals surface area (Å²) in [5.74, 6) is 1.15. The van der Waals surface area contributed by atoms with Gasteiger partial charge in [0.05, 0.1) is 13.2 Å². The molecule has 0 aliphatic carbocycles. The molecule has 12 heavy (non-hydrogen) atoms. The molecule has 0 fully saturated rings. The van der Waals surface area contributed by atoms with Gasteiger partial charge in [0, 0.05) is 11.5 Å². The maximum Gasteiger partial charge on any atom is 0.125 e. The number of aryl methyl sites for hydroxylation is 1. The molecule has 0 radical (unpaired) electrons. The van der Waals surface area contributed by atoms with E-state index in [4.69, 9.17) is 9.84 Å². The van der Waals surface area contributed by atoms with Crippen molar-refractivity contribution in [1.82, 2.24) is 0 Å². The Bertz CT molecular complexity index is 294. The zero-order chi connectivity index (χ0) is 8.55. The van der Waals surface area contributed by atoms with Gasteiger partial charge in [-0.15, -0.1) is 0 Å². The largest absolute Gasteiger partial charge is 0.492 e. The second-order valence-corrected chi connectivity index (χ2v) is 3.18. The molecule has 2 heteroatoms. The van der Waals surface area contributed by atoms with E-state index in [2.05, 4.69) is 0 Å². The SMILES string of the molecule is Cc1cccc2c1OC[C@H]2CO. The topological polar surface area (TPSA) is 29.5 Å². The second-order valence-electron chi connectivity index (χ2n) is 3.18. The van der Waals surface area contributed by atoms with Gasteiger partial charge < -0.3 is 9.84 Å². The fraction of sp³-hybridized carbons (Fsp3) is 0.400. The van der Waals surface area contributed by atoms with Gasteiger partial charge in [0.25, 0.3) is 0 Å². The molecule has 0 unspecified atom stereocenters. The van der Waals surface area contributed by atoms with Gasteiger partial charge in [-0.1, -0.05) is 18.2 Å². The van der Waals surface area contributed by atoms with Crippen LogP contribution in [0.4, 0.5) is 0 Å². The summed E-state index contributed by atoms with van der Waals surface area (Å²) in [5.41, 5.74) is 2.31. The quantitative estimate of drug-likeness (QED) is 0.681. The number of aliphatic hydroxyl groups excluding tert-OH is 1. The number of ether oxygens (including phenoxy) is 1. The Morgan fingerprint density at radius 3 is 3.17 bits per heavy atom. The average Bonchev–Trinajstić information content (AvgIpc) is 2.49. The molecule has 1 N–H and O–H groups in total. The molecule has 0 saturated carbocycles. The van der Waals surface area contributed by atoms with Gasteiger partial charge in [-0.25, -0.2) is 0 Å². The lowest BCUT2D eigenvalue weighted by Crippen LogP contribution is -2.04. The highest BCUT2D eigenvalue weighted by Gasteiger charge is 2.23. The zero-order valence-electron chi connectivity index (χ0n) is 7.08. The molecule has 1 atom stereocenters. The lowest BCUT2D eigenvalue weighted by molar-refractivity contribution is 0.231. The highest BCUT2D eigenvalue weighted by Crippen LogP contribution is 2.35. The second kappa shape index (κ2) is 2.79. The van der Waals surface area contributed by atoms with E-state index < -0.39 is 0 Å². The summed E-state index contributed by atoms with van der Waals surface area (Å²) < 4.78 is 5.47. The summed E-state index contributed by atoms with van der Waals surface area (Å²) in [5, 5.41) is 9.02. The first kappa shape index (κ1) is 7.62. The van der Waals surface area contributed by atoms with Crippen LogP contribution in [0.1, 0.15) is 17.0 Å². The molecule has 1 aliphatic heterocycles. The lowest BCUT2D eigenvalue weighted by Gasteiger charge is -2.03. The molecule has 0 aromatic heterocycles. The highest BCUT2D eigenvalue weighted by atomic mass is 16.5.